The molecule has 0 spiro atoms. The Kier molecular flexibility index (Phi) is 10.4. The second-order valence-corrected chi connectivity index (χ2v) is 12.8. The highest BCUT2D eigenvalue weighted by Gasteiger charge is 2.27. The van der Waals surface area contributed by atoms with Crippen LogP contribution < -0.4 is 0 Å². The van der Waals surface area contributed by atoms with Crippen molar-refractivity contribution in [1.82, 2.24) is 19.9 Å². The molecule has 1 N–H and O–H groups in total. The van der Waals surface area contributed by atoms with Gasteiger partial charge in [0.1, 0.15) is 6.61 Å². The Hall–Kier alpha value is -3.90. The molecule has 4 aromatic rings. The Balaban J connectivity index is 1.35. The Morgan fingerprint density at radius 1 is 1.05 bits per heavy atom. The third kappa shape index (κ3) is 8.79. The average molecular weight is 594 g/mol. The van der Waals surface area contributed by atoms with Crippen molar-refractivity contribution in [3.63, 3.8) is 0 Å². The molecule has 0 saturated heterocycles. The van der Waals surface area contributed by atoms with Crippen LogP contribution in [0.15, 0.2) is 82.7 Å². The summed E-state index contributed by atoms with van der Waals surface area (Å²) in [6, 6.07) is 20.4. The van der Waals surface area contributed by atoms with E-state index in [1.165, 1.54) is 0 Å². The summed E-state index contributed by atoms with van der Waals surface area (Å²) in [6.07, 6.45) is 1.51. The number of esters is 1. The Morgan fingerprint density at radius 2 is 1.83 bits per heavy atom. The molecule has 1 unspecified atom stereocenters. The van der Waals surface area contributed by atoms with Gasteiger partial charge in [-0.05, 0) is 37.6 Å². The summed E-state index contributed by atoms with van der Waals surface area (Å²) in [5.74, 6) is -0.519. The molecule has 0 saturated carbocycles. The van der Waals surface area contributed by atoms with Gasteiger partial charge in [0.2, 0.25) is 5.91 Å². The number of fused-ring (bicyclic) bond motifs is 1. The average Bonchev–Trinajstić information content (AvgIpc) is 3.41. The van der Waals surface area contributed by atoms with Gasteiger partial charge in [-0.15, -0.1) is 4.91 Å². The minimum atomic E-state index is -1.43. The maximum absolute atomic E-state index is 13.1. The lowest BCUT2D eigenvalue weighted by atomic mass is 10.1. The van der Waals surface area contributed by atoms with Crippen molar-refractivity contribution in [2.75, 3.05) is 6.54 Å². The number of benzene rings is 2. The van der Waals surface area contributed by atoms with Crippen LogP contribution in [0.5, 0.6) is 0 Å². The van der Waals surface area contributed by atoms with E-state index in [0.717, 1.165) is 17.5 Å². The molecular formula is C29H31N5O5S2. The van der Waals surface area contributed by atoms with Gasteiger partial charge < -0.3 is 14.6 Å². The molecule has 1 amide bonds. The van der Waals surface area contributed by atoms with Crippen molar-refractivity contribution < 1.29 is 18.5 Å². The van der Waals surface area contributed by atoms with Crippen LogP contribution in [0.25, 0.3) is 11.0 Å². The van der Waals surface area contributed by atoms with Crippen molar-refractivity contribution >= 4 is 45.7 Å². The Bertz CT molecular complexity index is 1510. The van der Waals surface area contributed by atoms with Gasteiger partial charge in [0.25, 0.3) is 0 Å². The van der Waals surface area contributed by atoms with Crippen LogP contribution in [0.1, 0.15) is 43.5 Å². The number of carbonyl (C=O) groups is 2. The molecule has 0 bridgehead atoms. The minimum absolute atomic E-state index is 0.0375. The fourth-order valence-electron chi connectivity index (χ4n) is 4.20. The van der Waals surface area contributed by atoms with Gasteiger partial charge in [0.15, 0.2) is 5.16 Å². The van der Waals surface area contributed by atoms with Crippen molar-refractivity contribution in [1.29, 1.82) is 0 Å². The molecule has 4 rings (SSSR count). The van der Waals surface area contributed by atoms with Crippen molar-refractivity contribution in [2.24, 2.45) is 4.58 Å². The van der Waals surface area contributed by atoms with E-state index in [2.05, 4.69) is 19.5 Å². The maximum Gasteiger partial charge on any atom is 0.306 e. The molecule has 0 radical (unpaired) electrons. The van der Waals surface area contributed by atoms with Crippen LogP contribution in [0.3, 0.4) is 0 Å². The van der Waals surface area contributed by atoms with Gasteiger partial charge in [-0.3, -0.25) is 18.8 Å². The summed E-state index contributed by atoms with van der Waals surface area (Å²) >= 11 is 0.878. The summed E-state index contributed by atoms with van der Waals surface area (Å²) in [5, 5.41) is 0.319. The number of hydrogen-bond donors (Lipinski definition) is 1. The van der Waals surface area contributed by atoms with E-state index in [1.807, 2.05) is 56.3 Å². The quantitative estimate of drug-likeness (QED) is 0.118. The summed E-state index contributed by atoms with van der Waals surface area (Å²) in [6.45, 7) is 4.28. The summed E-state index contributed by atoms with van der Waals surface area (Å²) < 4.78 is 20.7. The number of nitrogens with one attached hydrogen (secondary N) is 1. The minimum Gasteiger partial charge on any atom is -0.461 e. The van der Waals surface area contributed by atoms with E-state index in [4.69, 9.17) is 4.74 Å². The Morgan fingerprint density at radius 3 is 2.56 bits per heavy atom. The number of aromatic nitrogens is 3. The van der Waals surface area contributed by atoms with Crippen molar-refractivity contribution in [2.45, 2.75) is 55.5 Å². The highest BCUT2D eigenvalue weighted by molar-refractivity contribution is 7.99. The predicted molar refractivity (Wildman–Crippen MR) is 159 cm³/mol. The predicted octanol–water partition coefficient (Wildman–Crippen LogP) is 5.31. The zero-order valence-electron chi connectivity index (χ0n) is 22.8. The number of carbonyl (C=O) groups excluding carboxylic acids is 2. The van der Waals surface area contributed by atoms with Gasteiger partial charge in [-0.2, -0.15) is 0 Å². The number of aromatic amines is 1. The third-order valence-corrected chi connectivity index (χ3v) is 8.03. The summed E-state index contributed by atoms with van der Waals surface area (Å²) in [4.78, 5) is 50.0. The fourth-order valence-corrected chi connectivity index (χ4v) is 5.61. The van der Waals surface area contributed by atoms with Crippen LogP contribution in [0.4, 0.5) is 0 Å². The van der Waals surface area contributed by atoms with E-state index >= 15 is 0 Å². The molecule has 2 aromatic heterocycles. The molecule has 2 heterocycles. The number of rotatable bonds is 14. The molecular weight excluding hydrogens is 562 g/mol. The number of nitrogens with zero attached hydrogens (tertiary/aromatic N) is 4. The number of amides is 1. The van der Waals surface area contributed by atoms with E-state index in [0.29, 0.717) is 34.0 Å². The van der Waals surface area contributed by atoms with Gasteiger partial charge in [0.05, 0.1) is 44.4 Å². The smallest absolute Gasteiger partial charge is 0.306 e. The number of pyridine rings is 1. The number of para-hydroxylation sites is 1. The number of H-pyrrole nitrogens is 1. The van der Waals surface area contributed by atoms with E-state index in [1.54, 1.807) is 35.4 Å². The molecule has 214 valence electrons. The second kappa shape index (κ2) is 14.1. The normalized spacial score (nSPS) is 12.1. The molecule has 41 heavy (non-hydrogen) atoms. The van der Waals surface area contributed by atoms with E-state index in [-0.39, 0.29) is 37.7 Å². The van der Waals surface area contributed by atoms with Gasteiger partial charge in [-0.25, -0.2) is 4.98 Å². The summed E-state index contributed by atoms with van der Waals surface area (Å²) in [5.41, 5.74) is 3.54. The molecule has 0 aliphatic carbocycles. The van der Waals surface area contributed by atoms with Gasteiger partial charge >= 0.3 is 5.97 Å². The van der Waals surface area contributed by atoms with Crippen LogP contribution in [-0.4, -0.2) is 47.2 Å². The first-order valence-corrected chi connectivity index (χ1v) is 15.1. The third-order valence-electron chi connectivity index (χ3n) is 6.15. The maximum atomic E-state index is 13.1. The first-order chi connectivity index (χ1) is 19.7. The largest absolute Gasteiger partial charge is 0.461 e. The molecule has 0 aliphatic heterocycles. The number of nitroso groups, excluding NO2 is 1. The zero-order valence-corrected chi connectivity index (χ0v) is 24.5. The lowest BCUT2D eigenvalue weighted by molar-refractivity contribution is -0.147. The number of imidazole rings is 1. The standard InChI is InChI=1S/C29H31N5O5S2/c1-29(2,40-33-37)20-34(17-21-9-4-3-5-10-21)25(35)14-15-26(36)39-18-22-11-8-13-24-27(22)32-28(31-24)41(38)19-23-12-6-7-16-30-23/h3-13,16H,14-15,17-20H2,1-2H3,(H,31,32). The first kappa shape index (κ1) is 30.1. The van der Waals surface area contributed by atoms with Crippen LogP contribution in [0.2, 0.25) is 0 Å². The molecule has 0 fully saturated rings. The van der Waals surface area contributed by atoms with Crippen LogP contribution >= 0.6 is 11.9 Å². The van der Waals surface area contributed by atoms with E-state index in [9.17, 15) is 18.7 Å². The van der Waals surface area contributed by atoms with E-state index < -0.39 is 21.5 Å². The summed E-state index contributed by atoms with van der Waals surface area (Å²) in [7, 11) is -1.43. The molecule has 2 aromatic carbocycles. The number of hydrogen-bond acceptors (Lipinski definition) is 9. The fraction of sp³-hybridized carbons (Fsp3) is 0.310. The lowest BCUT2D eigenvalue weighted by Gasteiger charge is -2.30. The highest BCUT2D eigenvalue weighted by Crippen LogP contribution is 2.27. The molecule has 12 heteroatoms. The Labute approximate surface area is 244 Å². The molecule has 0 aliphatic rings. The zero-order chi connectivity index (χ0) is 29.2. The molecule has 1 atom stereocenters. The highest BCUT2D eigenvalue weighted by atomic mass is 32.2. The van der Waals surface area contributed by atoms with Gasteiger partial charge in [-0.1, -0.05) is 48.5 Å². The van der Waals surface area contributed by atoms with Crippen molar-refractivity contribution in [3.05, 3.63) is 94.7 Å². The first-order valence-electron chi connectivity index (χ1n) is 13.0. The number of ether oxygens (including phenoxy) is 1. The van der Waals surface area contributed by atoms with Crippen molar-refractivity contribution in [3.8, 4) is 0 Å². The second-order valence-electron chi connectivity index (χ2n) is 9.99. The SMILES string of the molecule is CC(C)(CN(Cc1ccccc1)C(=O)CCC(=O)OCc1cccc2[nH]c(S(=O)Cc3ccccn3)nc12)SN=O. The van der Waals surface area contributed by atoms with Gasteiger partial charge in [0, 0.05) is 47.8 Å². The van der Waals surface area contributed by atoms with Crippen LogP contribution in [-0.2, 0) is 44.0 Å². The monoisotopic (exact) mass is 593 g/mol. The van der Waals surface area contributed by atoms with Crippen LogP contribution in [0, 0.1) is 4.91 Å². The topological polar surface area (TPSA) is 135 Å². The molecule has 10 nitrogen and oxygen atoms in total. The lowest BCUT2D eigenvalue weighted by Crippen LogP contribution is -2.40.